The fourth-order valence-electron chi connectivity index (χ4n) is 5.03. The van der Waals surface area contributed by atoms with Gasteiger partial charge in [0.05, 0.1) is 21.9 Å². The summed E-state index contributed by atoms with van der Waals surface area (Å²) in [6.07, 6.45) is 4.47. The fourth-order valence-corrected chi connectivity index (χ4v) is 7.18. The summed E-state index contributed by atoms with van der Waals surface area (Å²) in [5.74, 6) is 1.49. The molecule has 0 amide bonds. The number of benzene rings is 1. The van der Waals surface area contributed by atoms with Gasteiger partial charge in [-0.2, -0.15) is 0 Å². The number of carboxylic acids is 1. The van der Waals surface area contributed by atoms with Crippen LogP contribution in [-0.4, -0.2) is 53.5 Å². The van der Waals surface area contributed by atoms with Crippen LogP contribution in [0.5, 0.6) is 5.75 Å². The summed E-state index contributed by atoms with van der Waals surface area (Å²) < 4.78 is 6.72. The maximum atomic E-state index is 11.6. The van der Waals surface area contributed by atoms with Gasteiger partial charge in [0.2, 0.25) is 0 Å². The second-order valence-electron chi connectivity index (χ2n) is 9.07. The molecule has 2 aromatic heterocycles. The first kappa shape index (κ1) is 26.2. The third-order valence-corrected chi connectivity index (χ3v) is 9.26. The number of likely N-dealkylation sites (tertiary alicyclic amines) is 1. The zero-order valence-electron chi connectivity index (χ0n) is 19.9. The third kappa shape index (κ3) is 6.89. The fraction of sp³-hybridized carbons (Fsp3) is 0.462. The smallest absolute Gasteiger partial charge is 0.303 e. The lowest BCUT2D eigenvalue weighted by atomic mass is 9.79. The summed E-state index contributed by atoms with van der Waals surface area (Å²) in [5.41, 5.74) is 8.39. The van der Waals surface area contributed by atoms with Gasteiger partial charge >= 0.3 is 5.97 Å². The molecule has 3 N–H and O–H groups in total. The number of nitrogens with zero attached hydrogens (tertiary/aromatic N) is 2. The summed E-state index contributed by atoms with van der Waals surface area (Å²) >= 11 is 10.2. The van der Waals surface area contributed by atoms with Gasteiger partial charge in [-0.05, 0) is 72.9 Å². The van der Waals surface area contributed by atoms with Crippen LogP contribution in [0.2, 0.25) is 5.02 Å². The normalized spacial score (nSPS) is 19.6. The Labute approximate surface area is 219 Å². The first-order valence-electron chi connectivity index (χ1n) is 11.9. The Morgan fingerprint density at radius 1 is 1.40 bits per heavy atom. The number of nitrogens with two attached hydrogens (primary N) is 1. The van der Waals surface area contributed by atoms with E-state index in [1.807, 2.05) is 30.0 Å². The molecule has 0 aliphatic carbocycles. The quantitative estimate of drug-likeness (QED) is 0.295. The van der Waals surface area contributed by atoms with Crippen molar-refractivity contribution < 1.29 is 14.6 Å². The molecule has 0 saturated carbocycles. The van der Waals surface area contributed by atoms with Crippen LogP contribution in [-0.2, 0) is 4.79 Å². The van der Waals surface area contributed by atoms with Gasteiger partial charge in [-0.1, -0.05) is 17.7 Å². The summed E-state index contributed by atoms with van der Waals surface area (Å²) in [4.78, 5) is 18.5. The zero-order chi connectivity index (χ0) is 24.8. The highest BCUT2D eigenvalue weighted by Crippen LogP contribution is 2.36. The number of piperidine rings is 1. The maximum absolute atomic E-state index is 11.6. The topological polar surface area (TPSA) is 88.7 Å². The zero-order valence-corrected chi connectivity index (χ0v) is 22.2. The van der Waals surface area contributed by atoms with Crippen molar-refractivity contribution in [2.24, 2.45) is 17.6 Å². The lowest BCUT2D eigenvalue weighted by molar-refractivity contribution is -0.139. The highest BCUT2D eigenvalue weighted by molar-refractivity contribution is 8.01. The second-order valence-corrected chi connectivity index (χ2v) is 11.8. The van der Waals surface area contributed by atoms with Crippen molar-refractivity contribution >= 4 is 51.6 Å². The van der Waals surface area contributed by atoms with Crippen molar-refractivity contribution in [1.29, 1.82) is 0 Å². The Bertz CT molecular complexity index is 1130. The maximum Gasteiger partial charge on any atom is 0.303 e. The van der Waals surface area contributed by atoms with Crippen LogP contribution in [0, 0.1) is 11.8 Å². The van der Waals surface area contributed by atoms with E-state index in [0.717, 1.165) is 66.9 Å². The van der Waals surface area contributed by atoms with Crippen LogP contribution in [0.15, 0.2) is 46.1 Å². The van der Waals surface area contributed by atoms with E-state index in [2.05, 4.69) is 27.4 Å². The highest BCUT2D eigenvalue weighted by atomic mass is 35.5. The average molecular weight is 534 g/mol. The molecule has 1 aliphatic rings. The Balaban J connectivity index is 1.39. The van der Waals surface area contributed by atoms with Gasteiger partial charge in [0.15, 0.2) is 0 Å². The molecule has 3 atom stereocenters. The standard InChI is InChI=1S/C26H32ClN3O3S2/c1-33-19-5-7-23-20(14-19)26(21(27)15-29-23)22(28)6-4-17-8-9-30(16-18(17)13-24(31)32)10-12-35-25-3-2-11-34-25/h2-3,5,7,11,14-15,17-18,22H,4,6,8-10,12-13,16,28H2,1H3,(H,31,32). The number of thioether (sulfide) groups is 1. The molecule has 6 nitrogen and oxygen atoms in total. The molecule has 4 rings (SSSR count). The molecule has 9 heteroatoms. The summed E-state index contributed by atoms with van der Waals surface area (Å²) in [7, 11) is 1.63. The number of aromatic nitrogens is 1. The van der Waals surface area contributed by atoms with Gasteiger partial charge in [-0.15, -0.1) is 23.1 Å². The van der Waals surface area contributed by atoms with Crippen LogP contribution in [0.1, 0.15) is 37.3 Å². The first-order valence-corrected chi connectivity index (χ1v) is 14.2. The van der Waals surface area contributed by atoms with Gasteiger partial charge in [-0.25, -0.2) is 0 Å². The Hall–Kier alpha value is -1.84. The number of carboxylic acid groups (broad SMARTS) is 1. The minimum Gasteiger partial charge on any atom is -0.497 e. The van der Waals surface area contributed by atoms with Crippen LogP contribution < -0.4 is 10.5 Å². The largest absolute Gasteiger partial charge is 0.497 e. The van der Waals surface area contributed by atoms with E-state index in [4.69, 9.17) is 22.1 Å². The predicted octanol–water partition coefficient (Wildman–Crippen LogP) is 5.94. The molecule has 188 valence electrons. The third-order valence-electron chi connectivity index (χ3n) is 6.85. The molecule has 35 heavy (non-hydrogen) atoms. The van der Waals surface area contributed by atoms with Crippen LogP contribution in [0.3, 0.4) is 0 Å². The molecule has 1 aromatic carbocycles. The Morgan fingerprint density at radius 3 is 3.00 bits per heavy atom. The van der Waals surface area contributed by atoms with Crippen LogP contribution in [0.4, 0.5) is 0 Å². The number of aliphatic carboxylic acids is 1. The lowest BCUT2D eigenvalue weighted by Gasteiger charge is -2.38. The molecule has 3 heterocycles. The molecule has 1 fully saturated rings. The van der Waals surface area contributed by atoms with E-state index in [1.165, 1.54) is 4.21 Å². The van der Waals surface area contributed by atoms with E-state index in [9.17, 15) is 9.90 Å². The first-order chi connectivity index (χ1) is 16.9. The monoisotopic (exact) mass is 533 g/mol. The van der Waals surface area contributed by atoms with Gasteiger partial charge in [0.1, 0.15) is 5.75 Å². The van der Waals surface area contributed by atoms with Crippen molar-refractivity contribution in [3.63, 3.8) is 0 Å². The SMILES string of the molecule is COc1ccc2ncc(Cl)c(C(N)CCC3CCN(CCSc4cccs4)CC3CC(=O)O)c2c1. The van der Waals surface area contributed by atoms with E-state index in [0.29, 0.717) is 10.9 Å². The van der Waals surface area contributed by atoms with E-state index in [-0.39, 0.29) is 18.4 Å². The number of fused-ring (bicyclic) bond motifs is 1. The molecule has 0 bridgehead atoms. The molecule has 3 unspecified atom stereocenters. The second kappa shape index (κ2) is 12.4. The summed E-state index contributed by atoms with van der Waals surface area (Å²) in [6.45, 7) is 2.80. The van der Waals surface area contributed by atoms with Crippen LogP contribution >= 0.6 is 34.7 Å². The van der Waals surface area contributed by atoms with E-state index in [1.54, 1.807) is 24.6 Å². The van der Waals surface area contributed by atoms with E-state index < -0.39 is 5.97 Å². The number of hydrogen-bond donors (Lipinski definition) is 2. The molecule has 3 aromatic rings. The van der Waals surface area contributed by atoms with Crippen molar-refractivity contribution in [3.8, 4) is 5.75 Å². The molecular weight excluding hydrogens is 502 g/mol. The number of hydrogen-bond acceptors (Lipinski definition) is 7. The van der Waals surface area contributed by atoms with Gasteiger partial charge < -0.3 is 20.5 Å². The minimum atomic E-state index is -0.727. The highest BCUT2D eigenvalue weighted by Gasteiger charge is 2.31. The van der Waals surface area contributed by atoms with E-state index >= 15 is 0 Å². The minimum absolute atomic E-state index is 0.130. The summed E-state index contributed by atoms with van der Waals surface area (Å²) in [5, 5.41) is 13.1. The van der Waals surface area contributed by atoms with Crippen molar-refractivity contribution in [1.82, 2.24) is 9.88 Å². The molecule has 0 spiro atoms. The number of thiophene rings is 1. The lowest BCUT2D eigenvalue weighted by Crippen LogP contribution is -2.42. The van der Waals surface area contributed by atoms with Crippen molar-refractivity contribution in [2.45, 2.75) is 35.9 Å². The van der Waals surface area contributed by atoms with Crippen molar-refractivity contribution in [3.05, 3.63) is 52.5 Å². The van der Waals surface area contributed by atoms with Crippen molar-refractivity contribution in [2.75, 3.05) is 32.5 Å². The number of carbonyl (C=O) groups is 1. The number of pyridine rings is 1. The number of rotatable bonds is 11. The van der Waals surface area contributed by atoms with Gasteiger partial charge in [0, 0.05) is 42.9 Å². The average Bonchev–Trinajstić information content (AvgIpc) is 3.36. The van der Waals surface area contributed by atoms with Gasteiger partial charge in [-0.3, -0.25) is 9.78 Å². The Morgan fingerprint density at radius 2 is 2.26 bits per heavy atom. The number of ether oxygens (including phenoxy) is 1. The number of methoxy groups -OCH3 is 1. The Kier molecular flexibility index (Phi) is 9.30. The summed E-state index contributed by atoms with van der Waals surface area (Å²) in [6, 6.07) is 9.68. The van der Waals surface area contributed by atoms with Gasteiger partial charge in [0.25, 0.3) is 0 Å². The molecule has 0 radical (unpaired) electrons. The molecule has 1 aliphatic heterocycles. The van der Waals surface area contributed by atoms with Crippen LogP contribution in [0.25, 0.3) is 10.9 Å². The molecular formula is C26H32ClN3O3S2. The predicted molar refractivity (Wildman–Crippen MR) is 145 cm³/mol. The number of halogens is 1. The molecule has 1 saturated heterocycles.